The molecule has 0 aliphatic carbocycles. The molecule has 1 aromatic rings. The summed E-state index contributed by atoms with van der Waals surface area (Å²) in [6, 6.07) is 8.16. The second-order valence-electron chi connectivity index (χ2n) is 3.74. The highest BCUT2D eigenvalue weighted by Gasteiger charge is 2.12. The zero-order valence-corrected chi connectivity index (χ0v) is 9.67. The van der Waals surface area contributed by atoms with Crippen LogP contribution >= 0.6 is 11.8 Å². The third kappa shape index (κ3) is 2.67. The van der Waals surface area contributed by atoms with Crippen molar-refractivity contribution < 1.29 is 5.11 Å². The van der Waals surface area contributed by atoms with Crippen molar-refractivity contribution in [3.8, 4) is 0 Å². The van der Waals surface area contributed by atoms with Gasteiger partial charge in [0.15, 0.2) is 0 Å². The van der Waals surface area contributed by atoms with Gasteiger partial charge in [0.25, 0.3) is 0 Å². The summed E-state index contributed by atoms with van der Waals surface area (Å²) >= 11 is 2.02. The molecule has 1 aromatic carbocycles. The predicted octanol–water partition coefficient (Wildman–Crippen LogP) is 2.12. The number of thioether (sulfide) groups is 1. The molecule has 0 atom stereocenters. The molecule has 1 heterocycles. The molecule has 0 amide bonds. The minimum Gasteiger partial charge on any atom is -0.392 e. The average Bonchev–Trinajstić information content (AvgIpc) is 2.57. The first kappa shape index (κ1) is 10.8. The van der Waals surface area contributed by atoms with E-state index in [4.69, 9.17) is 0 Å². The summed E-state index contributed by atoms with van der Waals surface area (Å²) in [6.45, 7) is 2.35. The van der Waals surface area contributed by atoms with Crippen LogP contribution < -0.4 is 4.90 Å². The maximum atomic E-state index is 9.29. The maximum absolute atomic E-state index is 9.29. The van der Waals surface area contributed by atoms with Crippen molar-refractivity contribution >= 4 is 17.4 Å². The van der Waals surface area contributed by atoms with E-state index < -0.39 is 0 Å². The minimum atomic E-state index is 0.139. The zero-order valence-electron chi connectivity index (χ0n) is 8.85. The van der Waals surface area contributed by atoms with E-state index in [2.05, 4.69) is 11.0 Å². The fraction of sp³-hybridized carbons (Fsp3) is 0.500. The topological polar surface area (TPSA) is 23.5 Å². The molecule has 3 heteroatoms. The molecule has 1 fully saturated rings. The van der Waals surface area contributed by atoms with Crippen LogP contribution in [0.4, 0.5) is 5.69 Å². The molecule has 15 heavy (non-hydrogen) atoms. The number of aliphatic hydroxyl groups is 1. The average molecular weight is 223 g/mol. The highest BCUT2D eigenvalue weighted by molar-refractivity contribution is 7.99. The summed E-state index contributed by atoms with van der Waals surface area (Å²) in [5, 5.41) is 9.29. The van der Waals surface area contributed by atoms with Crippen molar-refractivity contribution in [2.45, 2.75) is 13.0 Å². The standard InChI is InChI=1S/C12H17NOS/c14-10-11-4-1-2-5-12(11)13-6-3-8-15-9-7-13/h1-2,4-5,14H,3,6-10H2. The van der Waals surface area contributed by atoms with E-state index in [0.717, 1.165) is 18.7 Å². The van der Waals surface area contributed by atoms with Crippen LogP contribution in [-0.2, 0) is 6.61 Å². The molecule has 2 rings (SSSR count). The quantitative estimate of drug-likeness (QED) is 0.831. The molecule has 0 radical (unpaired) electrons. The molecule has 2 nitrogen and oxygen atoms in total. The number of nitrogens with zero attached hydrogens (tertiary/aromatic N) is 1. The van der Waals surface area contributed by atoms with E-state index in [9.17, 15) is 5.11 Å². The summed E-state index contributed by atoms with van der Waals surface area (Å²) in [6.07, 6.45) is 1.24. The normalized spacial score (nSPS) is 17.5. The van der Waals surface area contributed by atoms with Crippen molar-refractivity contribution in [3.05, 3.63) is 29.8 Å². The largest absolute Gasteiger partial charge is 0.392 e. The minimum absolute atomic E-state index is 0.139. The lowest BCUT2D eigenvalue weighted by atomic mass is 10.1. The Morgan fingerprint density at radius 1 is 1.20 bits per heavy atom. The lowest BCUT2D eigenvalue weighted by Gasteiger charge is -2.24. The summed E-state index contributed by atoms with van der Waals surface area (Å²) in [5.41, 5.74) is 2.26. The Bertz CT molecular complexity index is 308. The number of hydrogen-bond donors (Lipinski definition) is 1. The zero-order chi connectivity index (χ0) is 10.5. The first-order valence-electron chi connectivity index (χ1n) is 5.43. The third-order valence-electron chi connectivity index (χ3n) is 2.72. The predicted molar refractivity (Wildman–Crippen MR) is 66.5 cm³/mol. The van der Waals surface area contributed by atoms with E-state index in [0.29, 0.717) is 0 Å². The van der Waals surface area contributed by atoms with Gasteiger partial charge in [-0.05, 0) is 18.2 Å². The van der Waals surface area contributed by atoms with Gasteiger partial charge in [-0.1, -0.05) is 18.2 Å². The summed E-state index contributed by atoms with van der Waals surface area (Å²) in [7, 11) is 0. The van der Waals surface area contributed by atoms with Gasteiger partial charge in [-0.3, -0.25) is 0 Å². The maximum Gasteiger partial charge on any atom is 0.0702 e. The lowest BCUT2D eigenvalue weighted by Crippen LogP contribution is -2.26. The van der Waals surface area contributed by atoms with Crippen molar-refractivity contribution in [1.29, 1.82) is 0 Å². The highest BCUT2D eigenvalue weighted by atomic mass is 32.2. The lowest BCUT2D eigenvalue weighted by molar-refractivity contribution is 0.282. The van der Waals surface area contributed by atoms with Crippen LogP contribution in [0.2, 0.25) is 0 Å². The Kier molecular flexibility index (Phi) is 3.92. The molecule has 1 aliphatic rings. The number of para-hydroxylation sites is 1. The number of aliphatic hydroxyl groups excluding tert-OH is 1. The Morgan fingerprint density at radius 3 is 2.93 bits per heavy atom. The van der Waals surface area contributed by atoms with Gasteiger partial charge in [-0.2, -0.15) is 11.8 Å². The van der Waals surface area contributed by atoms with Crippen LogP contribution in [0.15, 0.2) is 24.3 Å². The van der Waals surface area contributed by atoms with E-state index in [1.807, 2.05) is 30.0 Å². The number of hydrogen-bond acceptors (Lipinski definition) is 3. The molecular weight excluding hydrogens is 206 g/mol. The van der Waals surface area contributed by atoms with E-state index in [1.54, 1.807) is 0 Å². The molecule has 0 spiro atoms. The Morgan fingerprint density at radius 2 is 2.07 bits per heavy atom. The van der Waals surface area contributed by atoms with Crippen LogP contribution in [0.25, 0.3) is 0 Å². The molecule has 0 unspecified atom stereocenters. The monoisotopic (exact) mass is 223 g/mol. The van der Waals surface area contributed by atoms with Gasteiger partial charge < -0.3 is 10.0 Å². The van der Waals surface area contributed by atoms with Crippen molar-refractivity contribution in [1.82, 2.24) is 0 Å². The van der Waals surface area contributed by atoms with Gasteiger partial charge in [0, 0.05) is 30.1 Å². The third-order valence-corrected chi connectivity index (χ3v) is 3.77. The van der Waals surface area contributed by atoms with Crippen molar-refractivity contribution in [3.63, 3.8) is 0 Å². The van der Waals surface area contributed by atoms with Gasteiger partial charge in [0.2, 0.25) is 0 Å². The molecule has 0 aromatic heterocycles. The smallest absolute Gasteiger partial charge is 0.0702 e. The van der Waals surface area contributed by atoms with E-state index in [-0.39, 0.29) is 6.61 Å². The fourth-order valence-electron chi connectivity index (χ4n) is 1.94. The summed E-state index contributed by atoms with van der Waals surface area (Å²) in [5.74, 6) is 2.46. The van der Waals surface area contributed by atoms with Crippen LogP contribution in [0.3, 0.4) is 0 Å². The van der Waals surface area contributed by atoms with Gasteiger partial charge in [-0.15, -0.1) is 0 Å². The summed E-state index contributed by atoms with van der Waals surface area (Å²) in [4.78, 5) is 2.39. The second kappa shape index (κ2) is 5.42. The van der Waals surface area contributed by atoms with Crippen molar-refractivity contribution in [2.75, 3.05) is 29.5 Å². The van der Waals surface area contributed by atoms with Gasteiger partial charge in [-0.25, -0.2) is 0 Å². The van der Waals surface area contributed by atoms with Crippen LogP contribution in [0, 0.1) is 0 Å². The van der Waals surface area contributed by atoms with Crippen LogP contribution in [0.1, 0.15) is 12.0 Å². The molecular formula is C12H17NOS. The molecule has 1 aliphatic heterocycles. The number of benzene rings is 1. The molecule has 1 N–H and O–H groups in total. The molecule has 82 valence electrons. The van der Waals surface area contributed by atoms with Gasteiger partial charge >= 0.3 is 0 Å². The number of anilines is 1. The fourth-order valence-corrected chi connectivity index (χ4v) is 2.83. The van der Waals surface area contributed by atoms with E-state index in [1.165, 1.54) is 23.6 Å². The first-order chi connectivity index (χ1) is 7.42. The van der Waals surface area contributed by atoms with Crippen LogP contribution in [-0.4, -0.2) is 29.7 Å². The Labute approximate surface area is 95.3 Å². The van der Waals surface area contributed by atoms with Crippen molar-refractivity contribution in [2.24, 2.45) is 0 Å². The SMILES string of the molecule is OCc1ccccc1N1CCCSCC1. The van der Waals surface area contributed by atoms with Gasteiger partial charge in [0.05, 0.1) is 6.61 Å². The van der Waals surface area contributed by atoms with E-state index >= 15 is 0 Å². The molecule has 0 bridgehead atoms. The van der Waals surface area contributed by atoms with Gasteiger partial charge in [0.1, 0.15) is 0 Å². The molecule has 1 saturated heterocycles. The summed E-state index contributed by atoms with van der Waals surface area (Å²) < 4.78 is 0. The Hall–Kier alpha value is -0.670. The number of rotatable bonds is 2. The second-order valence-corrected chi connectivity index (χ2v) is 4.96. The molecule has 0 saturated carbocycles. The first-order valence-corrected chi connectivity index (χ1v) is 6.59. The van der Waals surface area contributed by atoms with Crippen LogP contribution in [0.5, 0.6) is 0 Å². The highest BCUT2D eigenvalue weighted by Crippen LogP contribution is 2.23. The Balaban J connectivity index is 2.18.